The molecule has 0 spiro atoms. The first kappa shape index (κ1) is 27.7. The van der Waals surface area contributed by atoms with Gasteiger partial charge in [0.15, 0.2) is 0 Å². The summed E-state index contributed by atoms with van der Waals surface area (Å²) >= 11 is 11.8. The fraction of sp³-hybridized carbons (Fsp3) is 0.304. The molecular formula is C23H15Cl2F6N3O4. The lowest BCUT2D eigenvalue weighted by atomic mass is 9.86. The average molecular weight is 582 g/mol. The molecule has 38 heavy (non-hydrogen) atoms. The maximum atomic E-state index is 14.2. The Bertz CT molecular complexity index is 1290. The highest BCUT2D eigenvalue weighted by Gasteiger charge is 2.62. The zero-order valence-corrected chi connectivity index (χ0v) is 20.4. The second kappa shape index (κ2) is 9.77. The van der Waals surface area contributed by atoms with Crippen LogP contribution in [0.3, 0.4) is 0 Å². The van der Waals surface area contributed by atoms with Gasteiger partial charge in [-0.15, -0.1) is 0 Å². The third-order valence-electron chi connectivity index (χ3n) is 5.86. The second-order valence-corrected chi connectivity index (χ2v) is 9.39. The molecule has 2 aromatic carbocycles. The normalized spacial score (nSPS) is 20.5. The van der Waals surface area contributed by atoms with Crippen LogP contribution < -0.4 is 0 Å². The Morgan fingerprint density at radius 1 is 0.947 bits per heavy atom. The smallest absolute Gasteiger partial charge is 0.374 e. The van der Waals surface area contributed by atoms with Gasteiger partial charge >= 0.3 is 12.4 Å². The molecule has 0 saturated carbocycles. The van der Waals surface area contributed by atoms with E-state index in [1.807, 2.05) is 0 Å². The summed E-state index contributed by atoms with van der Waals surface area (Å²) < 4.78 is 80.3. The summed E-state index contributed by atoms with van der Waals surface area (Å²) in [5, 5.41) is 3.54. The van der Waals surface area contributed by atoms with Gasteiger partial charge in [0, 0.05) is 27.6 Å². The number of hydrogen-bond acceptors (Lipinski definition) is 5. The van der Waals surface area contributed by atoms with Crippen molar-refractivity contribution in [2.75, 3.05) is 19.6 Å². The molecule has 2 aromatic rings. The summed E-state index contributed by atoms with van der Waals surface area (Å²) in [6, 6.07) is 8.42. The Hall–Kier alpha value is -3.32. The first-order chi connectivity index (χ1) is 17.6. The highest BCUT2D eigenvalue weighted by atomic mass is 35.5. The van der Waals surface area contributed by atoms with E-state index in [9.17, 15) is 40.7 Å². The minimum atomic E-state index is -4.91. The lowest BCUT2D eigenvalue weighted by molar-refractivity contribution is -0.275. The van der Waals surface area contributed by atoms with E-state index in [1.54, 1.807) is 0 Å². The molecule has 1 atom stereocenters. The third kappa shape index (κ3) is 5.44. The Kier molecular flexibility index (Phi) is 7.12. The van der Waals surface area contributed by atoms with E-state index in [0.717, 1.165) is 17.0 Å². The summed E-state index contributed by atoms with van der Waals surface area (Å²) in [6.45, 7) is -3.26. The summed E-state index contributed by atoms with van der Waals surface area (Å²) in [4.78, 5) is 42.5. The number of hydrogen-bond donors (Lipinski definition) is 0. The van der Waals surface area contributed by atoms with Crippen molar-refractivity contribution in [3.05, 3.63) is 69.2 Å². The molecule has 0 aliphatic carbocycles. The van der Waals surface area contributed by atoms with Gasteiger partial charge in [0.25, 0.3) is 11.5 Å². The summed E-state index contributed by atoms with van der Waals surface area (Å²) in [5.41, 5.74) is -3.18. The predicted molar refractivity (Wildman–Crippen MR) is 122 cm³/mol. The molecule has 4 rings (SSSR count). The number of carbonyl (C=O) groups is 3. The Morgan fingerprint density at radius 2 is 1.50 bits per heavy atom. The van der Waals surface area contributed by atoms with Crippen LogP contribution in [0.1, 0.15) is 27.9 Å². The quantitative estimate of drug-likeness (QED) is 0.378. The second-order valence-electron chi connectivity index (χ2n) is 8.52. The van der Waals surface area contributed by atoms with Crippen molar-refractivity contribution < 1.29 is 45.6 Å². The van der Waals surface area contributed by atoms with Crippen LogP contribution in [0.2, 0.25) is 10.0 Å². The fourth-order valence-electron chi connectivity index (χ4n) is 4.02. The zero-order valence-electron chi connectivity index (χ0n) is 18.9. The molecule has 0 radical (unpaired) electrons. The number of rotatable bonds is 4. The van der Waals surface area contributed by atoms with Crippen molar-refractivity contribution in [2.24, 2.45) is 5.16 Å². The topological polar surface area (TPSA) is 79.3 Å². The van der Waals surface area contributed by atoms with Gasteiger partial charge in [0.2, 0.25) is 11.8 Å². The molecule has 0 bridgehead atoms. The van der Waals surface area contributed by atoms with Gasteiger partial charge in [0.05, 0.1) is 5.71 Å². The third-order valence-corrected chi connectivity index (χ3v) is 6.30. The first-order valence-electron chi connectivity index (χ1n) is 10.7. The Morgan fingerprint density at radius 3 is 2.00 bits per heavy atom. The van der Waals surface area contributed by atoms with E-state index in [1.165, 1.54) is 30.3 Å². The van der Waals surface area contributed by atoms with Gasteiger partial charge in [-0.3, -0.25) is 19.3 Å². The van der Waals surface area contributed by atoms with Gasteiger partial charge in [-0.1, -0.05) is 40.5 Å². The monoisotopic (exact) mass is 581 g/mol. The van der Waals surface area contributed by atoms with Gasteiger partial charge in [0.1, 0.15) is 19.6 Å². The molecule has 2 heterocycles. The van der Waals surface area contributed by atoms with Crippen LogP contribution in [0.4, 0.5) is 26.3 Å². The van der Waals surface area contributed by atoms with Crippen molar-refractivity contribution in [1.29, 1.82) is 0 Å². The van der Waals surface area contributed by atoms with Crippen LogP contribution in [-0.4, -0.2) is 65.2 Å². The number of piperazine rings is 1. The van der Waals surface area contributed by atoms with Crippen LogP contribution >= 0.6 is 23.2 Å². The molecular weight excluding hydrogens is 567 g/mol. The lowest BCUT2D eigenvalue weighted by Gasteiger charge is -2.33. The first-order valence-corrected chi connectivity index (χ1v) is 11.4. The number of alkyl halides is 6. The molecule has 3 amide bonds. The maximum Gasteiger partial charge on any atom is 0.435 e. The van der Waals surface area contributed by atoms with Gasteiger partial charge in [-0.25, -0.2) is 0 Å². The molecule has 202 valence electrons. The molecule has 2 aliphatic heterocycles. The van der Waals surface area contributed by atoms with Crippen LogP contribution in [0.25, 0.3) is 0 Å². The van der Waals surface area contributed by atoms with Gasteiger partial charge < -0.3 is 9.74 Å². The maximum absolute atomic E-state index is 14.2. The molecule has 15 heteroatoms. The molecule has 2 aliphatic rings. The molecule has 0 N–H and O–H groups in total. The minimum Gasteiger partial charge on any atom is -0.374 e. The highest BCUT2D eigenvalue weighted by molar-refractivity contribution is 6.34. The van der Waals surface area contributed by atoms with E-state index in [0.29, 0.717) is 0 Å². The summed E-state index contributed by atoms with van der Waals surface area (Å²) in [7, 11) is 0. The van der Waals surface area contributed by atoms with E-state index in [2.05, 4.69) is 5.16 Å². The molecule has 1 unspecified atom stereocenters. The van der Waals surface area contributed by atoms with Crippen molar-refractivity contribution in [3.63, 3.8) is 0 Å². The number of halogens is 8. The van der Waals surface area contributed by atoms with Gasteiger partial charge in [-0.2, -0.15) is 26.3 Å². The largest absolute Gasteiger partial charge is 0.435 e. The zero-order chi connectivity index (χ0) is 28.0. The Balaban J connectivity index is 1.50. The number of amides is 3. The van der Waals surface area contributed by atoms with Crippen molar-refractivity contribution in [1.82, 2.24) is 9.80 Å². The number of imide groups is 1. The predicted octanol–water partition coefficient (Wildman–Crippen LogP) is 4.95. The molecule has 0 aromatic heterocycles. The standard InChI is InChI=1S/C23H15Cl2F6N3O4/c24-15-5-14(6-16(25)7-15)21(23(29,30)31)8-17(32-38-21)12-1-3-13(4-2-12)20(37)33-9-18(35)34(19(36)10-33)11-22(26,27)28/h1-7H,8-11H2. The van der Waals surface area contributed by atoms with Crippen LogP contribution in [0.15, 0.2) is 47.6 Å². The lowest BCUT2D eigenvalue weighted by Crippen LogP contribution is -2.57. The van der Waals surface area contributed by atoms with E-state index < -0.39 is 61.7 Å². The van der Waals surface area contributed by atoms with E-state index in [4.69, 9.17) is 28.0 Å². The summed E-state index contributed by atoms with van der Waals surface area (Å²) in [6.07, 6.45) is -10.4. The molecule has 1 saturated heterocycles. The average Bonchev–Trinajstić information content (AvgIpc) is 3.27. The molecule has 7 nitrogen and oxygen atoms in total. The number of nitrogens with zero attached hydrogens (tertiary/aromatic N) is 3. The fourth-order valence-corrected chi connectivity index (χ4v) is 4.55. The molecule has 1 fully saturated rings. The summed E-state index contributed by atoms with van der Waals surface area (Å²) in [5.74, 6) is -3.20. The van der Waals surface area contributed by atoms with Crippen LogP contribution in [0, 0.1) is 0 Å². The SMILES string of the molecule is O=C(c1ccc(C2=NOC(c3cc(Cl)cc(Cl)c3)(C(F)(F)F)C2)cc1)N1CC(=O)N(CC(F)(F)F)C(=O)C1. The number of benzene rings is 2. The number of oxime groups is 1. The minimum absolute atomic E-state index is 0.0329. The van der Waals surface area contributed by atoms with Gasteiger partial charge in [-0.05, 0) is 35.9 Å². The van der Waals surface area contributed by atoms with Crippen LogP contribution in [-0.2, 0) is 20.0 Å². The van der Waals surface area contributed by atoms with Crippen LogP contribution in [0.5, 0.6) is 0 Å². The van der Waals surface area contributed by atoms with Crippen molar-refractivity contribution >= 4 is 46.6 Å². The Labute approximate surface area is 220 Å². The van der Waals surface area contributed by atoms with Crippen molar-refractivity contribution in [2.45, 2.75) is 24.4 Å². The highest BCUT2D eigenvalue weighted by Crippen LogP contribution is 2.49. The van der Waals surface area contributed by atoms with Crippen molar-refractivity contribution in [3.8, 4) is 0 Å². The van der Waals surface area contributed by atoms with E-state index >= 15 is 0 Å². The number of carbonyl (C=O) groups excluding carboxylic acids is 3. The van der Waals surface area contributed by atoms with E-state index in [-0.39, 0.29) is 37.3 Å².